The maximum absolute atomic E-state index is 12.3. The largest absolute Gasteiger partial charge is 0.493 e. The van der Waals surface area contributed by atoms with E-state index in [-0.39, 0.29) is 18.0 Å². The van der Waals surface area contributed by atoms with Gasteiger partial charge in [-0.1, -0.05) is 6.07 Å². The van der Waals surface area contributed by atoms with Crippen LogP contribution >= 0.6 is 0 Å². The van der Waals surface area contributed by atoms with Crippen molar-refractivity contribution in [1.29, 1.82) is 0 Å². The maximum atomic E-state index is 12.3. The van der Waals surface area contributed by atoms with Crippen LogP contribution in [0.25, 0.3) is 0 Å². The quantitative estimate of drug-likeness (QED) is 0.847. The lowest BCUT2D eigenvalue weighted by atomic mass is 10.1. The third-order valence-electron chi connectivity index (χ3n) is 3.27. The van der Waals surface area contributed by atoms with E-state index in [1.807, 2.05) is 0 Å². The zero-order valence-corrected chi connectivity index (χ0v) is 13.0. The number of para-hydroxylation sites is 1. The Bertz CT molecular complexity index is 734. The highest BCUT2D eigenvalue weighted by molar-refractivity contribution is 5.97. The van der Waals surface area contributed by atoms with Gasteiger partial charge in [-0.3, -0.25) is 4.79 Å². The van der Waals surface area contributed by atoms with E-state index >= 15 is 0 Å². The Morgan fingerprint density at radius 2 is 1.96 bits per heavy atom. The maximum Gasteiger partial charge on any atom is 0.339 e. The Labute approximate surface area is 132 Å². The summed E-state index contributed by atoms with van der Waals surface area (Å²) >= 11 is 0. The van der Waals surface area contributed by atoms with Crippen LogP contribution in [0.1, 0.15) is 32.2 Å². The summed E-state index contributed by atoms with van der Waals surface area (Å²) in [6.45, 7) is 1.62. The van der Waals surface area contributed by atoms with Gasteiger partial charge in [0.1, 0.15) is 17.1 Å². The van der Waals surface area contributed by atoms with Gasteiger partial charge in [0.2, 0.25) is 0 Å². The second kappa shape index (κ2) is 6.87. The molecule has 0 bridgehead atoms. The molecule has 0 fully saturated rings. The monoisotopic (exact) mass is 319 g/mol. The summed E-state index contributed by atoms with van der Waals surface area (Å²) in [5, 5.41) is 11.6. The van der Waals surface area contributed by atoms with Gasteiger partial charge in [0.05, 0.1) is 26.3 Å². The third kappa shape index (κ3) is 3.45. The number of carbonyl (C=O) groups excluding carboxylic acids is 1. The average Bonchev–Trinajstić information content (AvgIpc) is 2.92. The van der Waals surface area contributed by atoms with Gasteiger partial charge < -0.3 is 24.3 Å². The lowest BCUT2D eigenvalue weighted by Crippen LogP contribution is -2.23. The molecule has 0 aliphatic carbocycles. The SMILES string of the molecule is COc1cccc(C(=O)NCc2cc(C(=O)O)c(C)o2)c1OC. The molecular weight excluding hydrogens is 302 g/mol. The standard InChI is InChI=1S/C16H17NO6/c1-9-12(16(19)20)7-10(23-9)8-17-15(18)11-5-4-6-13(21-2)14(11)22-3/h4-7H,8H2,1-3H3,(H,17,18)(H,19,20). The van der Waals surface area contributed by atoms with Crippen LogP contribution in [-0.2, 0) is 6.54 Å². The van der Waals surface area contributed by atoms with Gasteiger partial charge in [-0.15, -0.1) is 0 Å². The summed E-state index contributed by atoms with van der Waals surface area (Å²) in [4.78, 5) is 23.3. The lowest BCUT2D eigenvalue weighted by molar-refractivity contribution is 0.0694. The molecule has 0 saturated carbocycles. The minimum absolute atomic E-state index is 0.0628. The molecule has 1 aromatic heterocycles. The highest BCUT2D eigenvalue weighted by Crippen LogP contribution is 2.30. The van der Waals surface area contributed by atoms with Crippen molar-refractivity contribution in [2.75, 3.05) is 14.2 Å². The molecule has 0 radical (unpaired) electrons. The highest BCUT2D eigenvalue weighted by atomic mass is 16.5. The minimum atomic E-state index is -1.07. The van der Waals surface area contributed by atoms with Crippen LogP contribution in [-0.4, -0.2) is 31.2 Å². The first-order valence-corrected chi connectivity index (χ1v) is 6.79. The van der Waals surface area contributed by atoms with Crippen LogP contribution in [0.4, 0.5) is 0 Å². The van der Waals surface area contributed by atoms with Crippen molar-refractivity contribution < 1.29 is 28.6 Å². The molecule has 122 valence electrons. The lowest BCUT2D eigenvalue weighted by Gasteiger charge is -2.12. The number of hydrogen-bond acceptors (Lipinski definition) is 5. The molecule has 23 heavy (non-hydrogen) atoms. The van der Waals surface area contributed by atoms with Crippen molar-refractivity contribution in [3.05, 3.63) is 46.9 Å². The summed E-state index contributed by atoms with van der Waals surface area (Å²) in [5.74, 6) is -0.0303. The molecule has 7 heteroatoms. The summed E-state index contributed by atoms with van der Waals surface area (Å²) in [6.07, 6.45) is 0. The predicted molar refractivity (Wildman–Crippen MR) is 81.1 cm³/mol. The molecule has 2 rings (SSSR count). The van der Waals surface area contributed by atoms with E-state index in [9.17, 15) is 9.59 Å². The fourth-order valence-corrected chi connectivity index (χ4v) is 2.17. The van der Waals surface area contributed by atoms with Gasteiger partial charge in [-0.25, -0.2) is 4.79 Å². The number of furan rings is 1. The van der Waals surface area contributed by atoms with Gasteiger partial charge in [0, 0.05) is 0 Å². The Morgan fingerprint density at radius 1 is 1.22 bits per heavy atom. The number of benzene rings is 1. The van der Waals surface area contributed by atoms with Gasteiger partial charge in [-0.05, 0) is 25.1 Å². The summed E-state index contributed by atoms with van der Waals surface area (Å²) in [7, 11) is 2.93. The molecule has 2 N–H and O–H groups in total. The van der Waals surface area contributed by atoms with Crippen LogP contribution < -0.4 is 14.8 Å². The van der Waals surface area contributed by atoms with Gasteiger partial charge in [0.15, 0.2) is 11.5 Å². The van der Waals surface area contributed by atoms with Gasteiger partial charge in [0.25, 0.3) is 5.91 Å². The molecule has 1 amide bonds. The molecule has 0 aliphatic rings. The molecule has 0 aliphatic heterocycles. The number of aromatic carboxylic acids is 1. The van der Waals surface area contributed by atoms with E-state index in [1.165, 1.54) is 20.3 Å². The number of carbonyl (C=O) groups is 2. The number of rotatable bonds is 6. The van der Waals surface area contributed by atoms with Crippen LogP contribution in [0.3, 0.4) is 0 Å². The molecule has 0 atom stereocenters. The van der Waals surface area contributed by atoms with Crippen molar-refractivity contribution in [2.24, 2.45) is 0 Å². The minimum Gasteiger partial charge on any atom is -0.493 e. The summed E-state index contributed by atoms with van der Waals surface area (Å²) in [6, 6.07) is 6.36. The second-order valence-electron chi connectivity index (χ2n) is 4.71. The molecule has 1 heterocycles. The summed E-state index contributed by atoms with van der Waals surface area (Å²) < 4.78 is 15.7. The number of amides is 1. The first-order chi connectivity index (χ1) is 11.0. The van der Waals surface area contributed by atoms with Crippen molar-refractivity contribution in [3.63, 3.8) is 0 Å². The molecular formula is C16H17NO6. The zero-order chi connectivity index (χ0) is 17.0. The van der Waals surface area contributed by atoms with Crippen molar-refractivity contribution in [3.8, 4) is 11.5 Å². The van der Waals surface area contributed by atoms with E-state index in [0.29, 0.717) is 28.6 Å². The first kappa shape index (κ1) is 16.4. The van der Waals surface area contributed by atoms with Gasteiger partial charge in [-0.2, -0.15) is 0 Å². The van der Waals surface area contributed by atoms with Crippen LogP contribution in [0.5, 0.6) is 11.5 Å². The number of carboxylic acid groups (broad SMARTS) is 1. The Morgan fingerprint density at radius 3 is 2.52 bits per heavy atom. The number of hydrogen-bond donors (Lipinski definition) is 2. The molecule has 2 aromatic rings. The zero-order valence-electron chi connectivity index (χ0n) is 13.0. The number of aryl methyl sites for hydroxylation is 1. The predicted octanol–water partition coefficient (Wildman–Crippen LogP) is 2.23. The highest BCUT2D eigenvalue weighted by Gasteiger charge is 2.18. The summed E-state index contributed by atoms with van der Waals surface area (Å²) in [5.41, 5.74) is 0.391. The van der Waals surface area contributed by atoms with Crippen LogP contribution in [0.15, 0.2) is 28.7 Å². The normalized spacial score (nSPS) is 10.2. The van der Waals surface area contributed by atoms with E-state index in [4.69, 9.17) is 19.0 Å². The van der Waals surface area contributed by atoms with E-state index in [0.717, 1.165) is 0 Å². The third-order valence-corrected chi connectivity index (χ3v) is 3.27. The van der Waals surface area contributed by atoms with E-state index < -0.39 is 5.97 Å². The van der Waals surface area contributed by atoms with Crippen molar-refractivity contribution >= 4 is 11.9 Å². The Hall–Kier alpha value is -2.96. The Kier molecular flexibility index (Phi) is 4.90. The number of nitrogens with one attached hydrogen (secondary N) is 1. The molecule has 0 unspecified atom stereocenters. The van der Waals surface area contributed by atoms with Gasteiger partial charge >= 0.3 is 5.97 Å². The molecule has 0 spiro atoms. The van der Waals surface area contributed by atoms with Crippen LogP contribution in [0.2, 0.25) is 0 Å². The fraction of sp³-hybridized carbons (Fsp3) is 0.250. The number of methoxy groups -OCH3 is 2. The van der Waals surface area contributed by atoms with E-state index in [1.54, 1.807) is 25.1 Å². The molecule has 1 aromatic carbocycles. The topological polar surface area (TPSA) is 98.0 Å². The molecule has 0 saturated heterocycles. The van der Waals surface area contributed by atoms with Crippen molar-refractivity contribution in [1.82, 2.24) is 5.32 Å². The van der Waals surface area contributed by atoms with Crippen molar-refractivity contribution in [2.45, 2.75) is 13.5 Å². The fourth-order valence-electron chi connectivity index (χ4n) is 2.17. The average molecular weight is 319 g/mol. The number of carboxylic acids is 1. The molecule has 7 nitrogen and oxygen atoms in total. The Balaban J connectivity index is 2.14. The smallest absolute Gasteiger partial charge is 0.339 e. The second-order valence-corrected chi connectivity index (χ2v) is 4.71. The number of ether oxygens (including phenoxy) is 2. The van der Waals surface area contributed by atoms with E-state index in [2.05, 4.69) is 5.32 Å². The van der Waals surface area contributed by atoms with Crippen LogP contribution in [0, 0.1) is 6.92 Å². The first-order valence-electron chi connectivity index (χ1n) is 6.79.